The van der Waals surface area contributed by atoms with E-state index in [-0.39, 0.29) is 11.5 Å². The summed E-state index contributed by atoms with van der Waals surface area (Å²) in [6.45, 7) is 3.53. The fourth-order valence-corrected chi connectivity index (χ4v) is 3.77. The molecule has 0 bridgehead atoms. The maximum atomic E-state index is 13.2. The molecule has 1 saturated heterocycles. The molecule has 0 aliphatic carbocycles. The van der Waals surface area contributed by atoms with E-state index in [0.717, 1.165) is 41.7 Å². The minimum absolute atomic E-state index is 0.208. The lowest BCUT2D eigenvalue weighted by Gasteiger charge is -2.13. The number of rotatable bonds is 5. The Balaban J connectivity index is 1.73. The molecule has 146 valence electrons. The van der Waals surface area contributed by atoms with Gasteiger partial charge in [-0.2, -0.15) is 0 Å². The first kappa shape index (κ1) is 18.6. The smallest absolute Gasteiger partial charge is 0.295 e. The van der Waals surface area contributed by atoms with Crippen LogP contribution in [0.4, 0.5) is 4.39 Å². The van der Waals surface area contributed by atoms with Gasteiger partial charge in [-0.3, -0.25) is 14.9 Å². The van der Waals surface area contributed by atoms with Gasteiger partial charge in [-0.1, -0.05) is 12.1 Å². The third kappa shape index (κ3) is 3.76. The predicted octanol–water partition coefficient (Wildman–Crippen LogP) is 3.28. The van der Waals surface area contributed by atoms with Crippen molar-refractivity contribution in [3.8, 4) is 0 Å². The molecule has 1 aliphatic heterocycles. The van der Waals surface area contributed by atoms with Crippen molar-refractivity contribution in [3.63, 3.8) is 0 Å². The van der Waals surface area contributed by atoms with E-state index < -0.39 is 5.91 Å². The summed E-state index contributed by atoms with van der Waals surface area (Å²) >= 11 is 0. The Morgan fingerprint density at radius 3 is 2.61 bits per heavy atom. The van der Waals surface area contributed by atoms with E-state index in [1.807, 2.05) is 0 Å². The second-order valence-corrected chi connectivity index (χ2v) is 7.31. The molecule has 0 spiro atoms. The van der Waals surface area contributed by atoms with Crippen molar-refractivity contribution in [1.29, 1.82) is 0 Å². The first-order valence-corrected chi connectivity index (χ1v) is 9.43. The number of likely N-dealkylation sites (tertiary alicyclic amines) is 1. The number of nitrogens with zero attached hydrogens (tertiary/aromatic N) is 4. The zero-order valence-electron chi connectivity index (χ0n) is 15.8. The van der Waals surface area contributed by atoms with Crippen LogP contribution in [0, 0.1) is 5.82 Å². The van der Waals surface area contributed by atoms with Crippen LogP contribution in [-0.2, 0) is 13.1 Å². The lowest BCUT2D eigenvalue weighted by Crippen LogP contribution is -2.23. The van der Waals surface area contributed by atoms with Crippen molar-refractivity contribution in [2.75, 3.05) is 20.1 Å². The fourth-order valence-electron chi connectivity index (χ4n) is 3.77. The Kier molecular flexibility index (Phi) is 5.11. The Labute approximate surface area is 162 Å². The molecule has 3 heterocycles. The van der Waals surface area contributed by atoms with E-state index in [1.165, 1.54) is 32.0 Å². The van der Waals surface area contributed by atoms with Crippen molar-refractivity contribution in [3.05, 3.63) is 65.4 Å². The molecule has 28 heavy (non-hydrogen) atoms. The second-order valence-electron chi connectivity index (χ2n) is 7.31. The molecular weight excluding hydrogens is 359 g/mol. The number of amides is 1. The molecule has 4 rings (SSSR count). The van der Waals surface area contributed by atoms with E-state index in [0.29, 0.717) is 11.6 Å². The predicted molar refractivity (Wildman–Crippen MR) is 104 cm³/mol. The molecule has 0 radical (unpaired) electrons. The van der Waals surface area contributed by atoms with Gasteiger partial charge in [-0.15, -0.1) is 0 Å². The summed E-state index contributed by atoms with van der Waals surface area (Å²) in [5, 5.41) is 11.0. The number of hydrogen-bond donors (Lipinski definition) is 1. The average Bonchev–Trinajstić information content (AvgIpc) is 3.31. The van der Waals surface area contributed by atoms with Gasteiger partial charge in [0, 0.05) is 31.7 Å². The van der Waals surface area contributed by atoms with E-state index in [4.69, 9.17) is 0 Å². The van der Waals surface area contributed by atoms with Crippen molar-refractivity contribution >= 4 is 16.8 Å². The summed E-state index contributed by atoms with van der Waals surface area (Å²) in [5.41, 5.74) is 3.23. The Bertz CT molecular complexity index is 992. The molecular formula is C21H23FN4O2. The van der Waals surface area contributed by atoms with Crippen LogP contribution in [-0.4, -0.2) is 50.8 Å². The van der Waals surface area contributed by atoms with E-state index in [2.05, 4.69) is 20.6 Å². The number of carbonyl (C=O) groups excluding carboxylic acids is 1. The molecule has 1 fully saturated rings. The van der Waals surface area contributed by atoms with E-state index in [9.17, 15) is 14.4 Å². The molecule has 1 amide bonds. The highest BCUT2D eigenvalue weighted by molar-refractivity contribution is 5.96. The number of halogens is 1. The highest BCUT2D eigenvalue weighted by Crippen LogP contribution is 2.26. The van der Waals surface area contributed by atoms with E-state index >= 15 is 0 Å². The van der Waals surface area contributed by atoms with Crippen LogP contribution >= 0.6 is 0 Å². The van der Waals surface area contributed by atoms with Crippen LogP contribution in [0.25, 0.3) is 10.9 Å². The van der Waals surface area contributed by atoms with Crippen molar-refractivity contribution in [1.82, 2.24) is 19.5 Å². The maximum absolute atomic E-state index is 13.2. The van der Waals surface area contributed by atoms with Gasteiger partial charge in [0.05, 0.1) is 11.7 Å². The number of aromatic nitrogens is 2. The first-order valence-electron chi connectivity index (χ1n) is 9.43. The molecule has 6 nitrogen and oxygen atoms in total. The summed E-state index contributed by atoms with van der Waals surface area (Å²) in [7, 11) is 1.29. The quantitative estimate of drug-likeness (QED) is 0.543. The fraction of sp³-hybridized carbons (Fsp3) is 0.333. The van der Waals surface area contributed by atoms with Gasteiger partial charge < -0.3 is 4.57 Å². The van der Waals surface area contributed by atoms with Crippen LogP contribution in [0.1, 0.15) is 34.5 Å². The van der Waals surface area contributed by atoms with Crippen LogP contribution in [0.3, 0.4) is 0 Å². The lowest BCUT2D eigenvalue weighted by atomic mass is 10.1. The molecule has 1 aliphatic rings. The highest BCUT2D eigenvalue weighted by atomic mass is 19.1. The topological polar surface area (TPSA) is 61.6 Å². The van der Waals surface area contributed by atoms with Gasteiger partial charge in [-0.25, -0.2) is 14.4 Å². The third-order valence-electron chi connectivity index (χ3n) is 5.22. The monoisotopic (exact) mass is 382 g/mol. The summed E-state index contributed by atoms with van der Waals surface area (Å²) in [5.74, 6) is -0.797. The number of pyridine rings is 1. The second kappa shape index (κ2) is 7.69. The summed E-state index contributed by atoms with van der Waals surface area (Å²) in [4.78, 5) is 18.8. The van der Waals surface area contributed by atoms with Crippen molar-refractivity contribution in [2.45, 2.75) is 25.9 Å². The normalized spacial score (nSPS) is 14.7. The summed E-state index contributed by atoms with van der Waals surface area (Å²) < 4.78 is 15.3. The highest BCUT2D eigenvalue weighted by Gasteiger charge is 2.19. The van der Waals surface area contributed by atoms with Crippen molar-refractivity contribution in [2.24, 2.45) is 0 Å². The van der Waals surface area contributed by atoms with Gasteiger partial charge in [0.15, 0.2) is 0 Å². The number of hydroxylamine groups is 2. The number of hydrogen-bond acceptors (Lipinski definition) is 4. The number of fused-ring (bicyclic) bond motifs is 1. The van der Waals surface area contributed by atoms with Crippen LogP contribution < -0.4 is 0 Å². The number of benzene rings is 1. The first-order chi connectivity index (χ1) is 13.5. The Morgan fingerprint density at radius 2 is 1.93 bits per heavy atom. The SMILES string of the molecule is CN(O)C(=O)c1cc2c(CN3CCCC3)cn(Cc3ccc(F)cc3)c2cn1. The molecule has 0 atom stereocenters. The Hall–Kier alpha value is -2.77. The van der Waals surface area contributed by atoms with Crippen LogP contribution in [0.15, 0.2) is 42.7 Å². The van der Waals surface area contributed by atoms with Gasteiger partial charge in [-0.05, 0) is 55.3 Å². The maximum Gasteiger partial charge on any atom is 0.295 e. The van der Waals surface area contributed by atoms with E-state index in [1.54, 1.807) is 24.4 Å². The minimum Gasteiger partial charge on any atom is -0.341 e. The molecule has 7 heteroatoms. The zero-order chi connectivity index (χ0) is 19.7. The average molecular weight is 382 g/mol. The molecule has 2 aromatic heterocycles. The molecule has 0 unspecified atom stereocenters. The summed E-state index contributed by atoms with van der Waals surface area (Å²) in [6, 6.07) is 8.20. The lowest BCUT2D eigenvalue weighted by molar-refractivity contribution is -0.0379. The molecule has 1 aromatic carbocycles. The minimum atomic E-state index is -0.541. The van der Waals surface area contributed by atoms with Crippen molar-refractivity contribution < 1.29 is 14.4 Å². The Morgan fingerprint density at radius 1 is 1.21 bits per heavy atom. The van der Waals surface area contributed by atoms with Crippen LogP contribution in [0.2, 0.25) is 0 Å². The largest absolute Gasteiger partial charge is 0.341 e. The number of carbonyl (C=O) groups is 1. The third-order valence-corrected chi connectivity index (χ3v) is 5.22. The van der Waals surface area contributed by atoms with Gasteiger partial charge in [0.25, 0.3) is 5.91 Å². The van der Waals surface area contributed by atoms with Gasteiger partial charge in [0.1, 0.15) is 11.5 Å². The molecule has 0 saturated carbocycles. The zero-order valence-corrected chi connectivity index (χ0v) is 15.8. The molecule has 3 aromatic rings. The molecule has 1 N–H and O–H groups in total. The van der Waals surface area contributed by atoms with Gasteiger partial charge in [0.2, 0.25) is 0 Å². The van der Waals surface area contributed by atoms with Gasteiger partial charge >= 0.3 is 0 Å². The van der Waals surface area contributed by atoms with Crippen LogP contribution in [0.5, 0.6) is 0 Å². The summed E-state index contributed by atoms with van der Waals surface area (Å²) in [6.07, 6.45) is 6.16. The standard InChI is InChI=1S/C21H23FN4O2/c1-24(28)21(27)19-10-18-16(13-25-8-2-3-9-25)14-26(20(18)11-23-19)12-15-4-6-17(22)7-5-15/h4-7,10-11,14,28H,2-3,8-9,12-13H2,1H3.